The highest BCUT2D eigenvalue weighted by Crippen LogP contribution is 3.00. The normalized spacial score (nSPS) is 24.5. The lowest BCUT2D eigenvalue weighted by Gasteiger charge is -2.32. The van der Waals surface area contributed by atoms with Gasteiger partial charge in [-0.15, -0.1) is 0 Å². The number of ketones is 2. The van der Waals surface area contributed by atoms with E-state index in [-0.39, 0.29) is 34.1 Å². The third-order valence-corrected chi connectivity index (χ3v) is 11.4. The average molecular weight is 657 g/mol. The number of benzene rings is 4. The molecule has 5 unspecified atom stereocenters. The Labute approximate surface area is 294 Å². The lowest BCUT2D eigenvalue weighted by Crippen LogP contribution is -2.38. The Bertz CT molecular complexity index is 2310. The maximum Gasteiger partial charge on any atom is 0.317 e. The number of hydrogen-bond donors (Lipinski definition) is 0. The fraction of sp³-hybridized carbons (Fsp3) is 0.326. The summed E-state index contributed by atoms with van der Waals surface area (Å²) >= 11 is 0. The smallest absolute Gasteiger partial charge is 0.317 e. The van der Waals surface area contributed by atoms with Crippen molar-refractivity contribution in [3.05, 3.63) is 141 Å². The molecule has 0 N–H and O–H groups in total. The molecule has 2 fully saturated rings. The number of ether oxygens (including phenoxy) is 1. The number of Topliss-reactive ketones (excluding diaryl/α,β-unsaturated/α-hetero) is 2. The first kappa shape index (κ1) is 32.0. The first-order valence-electron chi connectivity index (χ1n) is 17.4. The zero-order chi connectivity index (χ0) is 35.4. The minimum atomic E-state index is -0.712. The fourth-order valence-corrected chi connectivity index (χ4v) is 9.35. The van der Waals surface area contributed by atoms with Crippen LogP contribution in [0.25, 0.3) is 0 Å². The molecule has 0 saturated heterocycles. The summed E-state index contributed by atoms with van der Waals surface area (Å²) in [4.78, 5) is 40.7. The number of esters is 1. The van der Waals surface area contributed by atoms with Crippen molar-refractivity contribution in [2.24, 2.45) is 22.7 Å². The van der Waals surface area contributed by atoms with Crippen LogP contribution in [0.4, 0.5) is 0 Å². The van der Waals surface area contributed by atoms with Crippen molar-refractivity contribution in [2.75, 3.05) is 7.11 Å². The summed E-state index contributed by atoms with van der Waals surface area (Å²) in [5.41, 5.74) is 7.42. The summed E-state index contributed by atoms with van der Waals surface area (Å²) < 4.78 is 5.58. The molecule has 0 bridgehead atoms. The van der Waals surface area contributed by atoms with E-state index >= 15 is 0 Å². The van der Waals surface area contributed by atoms with E-state index in [1.807, 2.05) is 36.4 Å². The van der Waals surface area contributed by atoms with Crippen LogP contribution < -0.4 is 0 Å². The van der Waals surface area contributed by atoms with Crippen LogP contribution in [0.5, 0.6) is 0 Å². The van der Waals surface area contributed by atoms with Crippen molar-refractivity contribution in [1.29, 1.82) is 0 Å². The Kier molecular flexibility index (Phi) is 6.83. The highest BCUT2D eigenvalue weighted by molar-refractivity contribution is 6.49. The van der Waals surface area contributed by atoms with Crippen LogP contribution in [0.2, 0.25) is 0 Å². The van der Waals surface area contributed by atoms with Crippen LogP contribution in [0.15, 0.2) is 84.9 Å². The van der Waals surface area contributed by atoms with Gasteiger partial charge in [-0.2, -0.15) is 0 Å². The van der Waals surface area contributed by atoms with Crippen molar-refractivity contribution < 1.29 is 19.1 Å². The second kappa shape index (κ2) is 10.7. The van der Waals surface area contributed by atoms with E-state index in [9.17, 15) is 14.4 Å². The van der Waals surface area contributed by atoms with Gasteiger partial charge in [0.05, 0.1) is 7.11 Å². The van der Waals surface area contributed by atoms with Gasteiger partial charge in [0.2, 0.25) is 11.6 Å². The molecule has 0 heterocycles. The van der Waals surface area contributed by atoms with Crippen LogP contribution in [-0.4, -0.2) is 24.6 Å². The first-order chi connectivity index (χ1) is 23.7. The molecule has 4 aliphatic rings. The number of rotatable bonds is 4. The Balaban J connectivity index is 1.23. The lowest BCUT2D eigenvalue weighted by atomic mass is 9.70. The molecule has 50 heavy (non-hydrogen) atoms. The van der Waals surface area contributed by atoms with Crippen molar-refractivity contribution in [3.63, 3.8) is 0 Å². The SMILES string of the molecule is COC(=O)C12c3c(C#CC(C)(C)C)ccc(C#Cc4cccc(C(=O)C(=O)c5cccc(C(C)(C)C)c5)c4)c3C3c4ccccc4CC4C1C342. The molecule has 1 spiro atoms. The average Bonchev–Trinajstić information content (AvgIpc) is 3.93. The molecule has 2 saturated carbocycles. The van der Waals surface area contributed by atoms with Crippen molar-refractivity contribution in [1.82, 2.24) is 0 Å². The van der Waals surface area contributed by atoms with E-state index in [1.54, 1.807) is 24.3 Å². The molecule has 4 aromatic carbocycles. The summed E-state index contributed by atoms with van der Waals surface area (Å²) in [5.74, 6) is 13.0. The minimum absolute atomic E-state index is 0.0200. The van der Waals surface area contributed by atoms with E-state index in [1.165, 1.54) is 18.2 Å². The Morgan fingerprint density at radius 2 is 1.44 bits per heavy atom. The maximum atomic E-state index is 13.9. The number of hydrogen-bond acceptors (Lipinski definition) is 4. The van der Waals surface area contributed by atoms with Crippen LogP contribution >= 0.6 is 0 Å². The van der Waals surface area contributed by atoms with Crippen molar-refractivity contribution in [2.45, 2.75) is 64.7 Å². The highest BCUT2D eigenvalue weighted by Gasteiger charge is 3.03. The molecular formula is C46H40O4. The number of carbonyl (C=O) groups excluding carboxylic acids is 3. The van der Waals surface area contributed by atoms with Crippen molar-refractivity contribution in [3.8, 4) is 23.7 Å². The molecule has 4 aromatic rings. The van der Waals surface area contributed by atoms with Gasteiger partial charge in [-0.05, 0) is 103 Å². The predicted octanol–water partition coefficient (Wildman–Crippen LogP) is 8.21. The summed E-state index contributed by atoms with van der Waals surface area (Å²) in [6.07, 6.45) is 0.966. The molecule has 4 heteroatoms. The Morgan fingerprint density at radius 1 is 0.760 bits per heavy atom. The van der Waals surface area contributed by atoms with Gasteiger partial charge in [-0.3, -0.25) is 14.4 Å². The van der Waals surface area contributed by atoms with E-state index in [0.717, 1.165) is 34.2 Å². The number of methoxy groups -OCH3 is 1. The van der Waals surface area contributed by atoms with Crippen LogP contribution in [-0.2, 0) is 26.8 Å². The standard InChI is InChI=1S/C46H40O4/c1-43(2,3)23-22-29-21-20-28(19-18-27-12-10-14-31(24-27)39(47)40(48)32-15-11-16-33(25-32)44(4,5)6)36-37(29)46(42(49)50-7)41-35-26-30-13-8-9-17-34(30)38(36)45(35,41)46/h8-17,20-21,24-25,35,38,41H,26H2,1-7H3. The fourth-order valence-electron chi connectivity index (χ4n) is 9.35. The lowest BCUT2D eigenvalue weighted by molar-refractivity contribution is -0.147. The molecule has 5 atom stereocenters. The molecule has 248 valence electrons. The van der Waals surface area contributed by atoms with E-state index in [4.69, 9.17) is 4.74 Å². The van der Waals surface area contributed by atoms with E-state index < -0.39 is 17.0 Å². The molecule has 0 amide bonds. The van der Waals surface area contributed by atoms with Gasteiger partial charge < -0.3 is 4.74 Å². The summed E-state index contributed by atoms with van der Waals surface area (Å²) in [7, 11) is 1.49. The van der Waals surface area contributed by atoms with Gasteiger partial charge >= 0.3 is 5.97 Å². The van der Waals surface area contributed by atoms with Gasteiger partial charge in [0.1, 0.15) is 5.41 Å². The number of carbonyl (C=O) groups is 3. The summed E-state index contributed by atoms with van der Waals surface area (Å²) in [6.45, 7) is 12.5. The van der Waals surface area contributed by atoms with Crippen LogP contribution in [0, 0.1) is 46.3 Å². The molecule has 8 rings (SSSR count). The van der Waals surface area contributed by atoms with E-state index in [2.05, 4.69) is 89.5 Å². The molecule has 0 radical (unpaired) electrons. The van der Waals surface area contributed by atoms with Gasteiger partial charge in [0.15, 0.2) is 0 Å². The minimum Gasteiger partial charge on any atom is -0.468 e. The monoisotopic (exact) mass is 656 g/mol. The van der Waals surface area contributed by atoms with Gasteiger partial charge in [-0.25, -0.2) is 0 Å². The first-order valence-corrected chi connectivity index (χ1v) is 17.4. The van der Waals surface area contributed by atoms with E-state index in [0.29, 0.717) is 22.6 Å². The van der Waals surface area contributed by atoms with Gasteiger partial charge in [0.25, 0.3) is 0 Å². The van der Waals surface area contributed by atoms with Gasteiger partial charge in [-0.1, -0.05) is 99.1 Å². The van der Waals surface area contributed by atoms with Gasteiger partial charge in [0, 0.05) is 44.6 Å². The van der Waals surface area contributed by atoms with Crippen molar-refractivity contribution >= 4 is 17.5 Å². The summed E-state index contributed by atoms with van der Waals surface area (Å²) in [6, 6.07) is 27.0. The maximum absolute atomic E-state index is 13.9. The molecule has 4 aliphatic carbocycles. The summed E-state index contributed by atoms with van der Waals surface area (Å²) in [5, 5.41) is 0. The second-order valence-electron chi connectivity index (χ2n) is 16.4. The molecule has 0 aromatic heterocycles. The second-order valence-corrected chi connectivity index (χ2v) is 16.4. The third-order valence-electron chi connectivity index (χ3n) is 11.4. The number of fused-ring (bicyclic) bond motifs is 7. The largest absolute Gasteiger partial charge is 0.468 e. The van der Waals surface area contributed by atoms with Crippen LogP contribution in [0.1, 0.15) is 113 Å². The highest BCUT2D eigenvalue weighted by atomic mass is 16.5. The van der Waals surface area contributed by atoms with Crippen LogP contribution in [0.3, 0.4) is 0 Å². The Morgan fingerprint density at radius 3 is 2.14 bits per heavy atom. The third kappa shape index (κ3) is 4.37. The predicted molar refractivity (Wildman–Crippen MR) is 194 cm³/mol. The topological polar surface area (TPSA) is 60.4 Å². The molecular weight excluding hydrogens is 617 g/mol. The zero-order valence-electron chi connectivity index (χ0n) is 29.7. The quantitative estimate of drug-likeness (QED) is 0.0962. The molecule has 4 nitrogen and oxygen atoms in total. The molecule has 0 aliphatic heterocycles. The Hall–Kier alpha value is -5.19. The zero-order valence-corrected chi connectivity index (χ0v) is 29.7.